The van der Waals surface area contributed by atoms with E-state index in [0.717, 1.165) is 56.1 Å². The molecule has 0 spiro atoms. The topological polar surface area (TPSA) is 54.1 Å². The van der Waals surface area contributed by atoms with Crippen LogP contribution in [0.4, 0.5) is 28.4 Å². The van der Waals surface area contributed by atoms with Crippen LogP contribution in [0.2, 0.25) is 0 Å². The minimum Gasteiger partial charge on any atom is -0.333 e. The van der Waals surface area contributed by atoms with E-state index < -0.39 is 5.41 Å². The van der Waals surface area contributed by atoms with Gasteiger partial charge in [0.05, 0.1) is 40.7 Å². The average Bonchev–Trinajstić information content (AvgIpc) is 3.30. The normalized spacial score (nSPS) is 15.9. The summed E-state index contributed by atoms with van der Waals surface area (Å²) in [6.07, 6.45) is 9.35. The van der Waals surface area contributed by atoms with E-state index in [4.69, 9.17) is 0 Å². The van der Waals surface area contributed by atoms with Gasteiger partial charge >= 0.3 is 0 Å². The number of para-hydroxylation sites is 2. The molecule has 0 aromatic heterocycles. The van der Waals surface area contributed by atoms with Crippen molar-refractivity contribution in [3.8, 4) is 34.4 Å². The largest absolute Gasteiger partial charge is 0.333 e. The molecule has 2 aliphatic rings. The number of anilines is 5. The van der Waals surface area contributed by atoms with E-state index in [9.17, 15) is 10.5 Å². The van der Waals surface area contributed by atoms with Gasteiger partial charge < -0.3 is 9.80 Å². The molecule has 0 saturated carbocycles. The summed E-state index contributed by atoms with van der Waals surface area (Å²) in [5.74, 6) is 0. The van der Waals surface area contributed by atoms with Gasteiger partial charge in [-0.25, -0.2) is 0 Å². The lowest BCUT2D eigenvalue weighted by atomic mass is 9.65. The lowest BCUT2D eigenvalue weighted by Crippen LogP contribution is -2.47. The summed E-state index contributed by atoms with van der Waals surface area (Å²) >= 11 is 0. The molecule has 0 heterocycles. The van der Waals surface area contributed by atoms with Crippen LogP contribution in [0.5, 0.6) is 0 Å². The molecule has 10 rings (SSSR count). The van der Waals surface area contributed by atoms with Crippen LogP contribution in [0.15, 0.2) is 194 Å². The summed E-state index contributed by atoms with van der Waals surface area (Å²) < 4.78 is 0. The van der Waals surface area contributed by atoms with Crippen LogP contribution >= 0.6 is 0 Å². The van der Waals surface area contributed by atoms with E-state index in [-0.39, 0.29) is 6.04 Å². The van der Waals surface area contributed by atoms with Crippen molar-refractivity contribution in [3.05, 3.63) is 222 Å². The predicted octanol–water partition coefficient (Wildman–Crippen LogP) is 13.9. The molecule has 59 heavy (non-hydrogen) atoms. The van der Waals surface area contributed by atoms with E-state index >= 15 is 0 Å². The van der Waals surface area contributed by atoms with E-state index in [0.29, 0.717) is 11.1 Å². The highest BCUT2D eigenvalue weighted by molar-refractivity contribution is 6.08. The SMILES string of the molecule is CC12C=Cc3ccc(N(c4ccc(C#N)cc4)c4ccccc4-c4ccccc4)c4ccc(c1c34)C=CC2N(c1ccc(C#N)cc1)c1ccccc1-c1ccccc1. The van der Waals surface area contributed by atoms with Crippen molar-refractivity contribution in [1.29, 1.82) is 10.5 Å². The third kappa shape index (κ3) is 5.98. The van der Waals surface area contributed by atoms with Gasteiger partial charge in [-0.2, -0.15) is 10.5 Å². The Morgan fingerprint density at radius 2 is 1.03 bits per heavy atom. The number of rotatable bonds is 8. The molecule has 0 bridgehead atoms. The Bertz CT molecular complexity index is 3020. The Labute approximate surface area is 345 Å². The third-order valence-corrected chi connectivity index (χ3v) is 12.0. The molecule has 8 aromatic rings. The molecule has 8 aromatic carbocycles. The summed E-state index contributed by atoms with van der Waals surface area (Å²) in [5.41, 5.74) is 14.1. The maximum absolute atomic E-state index is 9.77. The fourth-order valence-corrected chi connectivity index (χ4v) is 9.18. The first-order valence-corrected chi connectivity index (χ1v) is 19.9. The molecule has 2 aliphatic carbocycles. The van der Waals surface area contributed by atoms with Crippen molar-refractivity contribution >= 4 is 51.4 Å². The molecule has 278 valence electrons. The lowest BCUT2D eigenvalue weighted by molar-refractivity contribution is 0.515. The molecule has 2 unspecified atom stereocenters. The van der Waals surface area contributed by atoms with Crippen molar-refractivity contribution < 1.29 is 0 Å². The fraction of sp³-hybridized carbons (Fsp3) is 0.0545. The van der Waals surface area contributed by atoms with Gasteiger partial charge in [-0.1, -0.05) is 140 Å². The molecule has 0 N–H and O–H groups in total. The van der Waals surface area contributed by atoms with Crippen LogP contribution in [-0.4, -0.2) is 6.04 Å². The van der Waals surface area contributed by atoms with E-state index in [1.807, 2.05) is 42.5 Å². The summed E-state index contributed by atoms with van der Waals surface area (Å²) in [5, 5.41) is 21.9. The second kappa shape index (κ2) is 14.5. The zero-order valence-electron chi connectivity index (χ0n) is 32.5. The Hall–Kier alpha value is -7.92. The zero-order valence-corrected chi connectivity index (χ0v) is 32.5. The van der Waals surface area contributed by atoms with E-state index in [2.05, 4.69) is 193 Å². The van der Waals surface area contributed by atoms with Crippen LogP contribution in [0, 0.1) is 22.7 Å². The van der Waals surface area contributed by atoms with Crippen molar-refractivity contribution in [1.82, 2.24) is 0 Å². The van der Waals surface area contributed by atoms with Crippen LogP contribution in [0.1, 0.15) is 34.7 Å². The van der Waals surface area contributed by atoms with E-state index in [1.54, 1.807) is 0 Å². The molecule has 0 fully saturated rings. The third-order valence-electron chi connectivity index (χ3n) is 12.0. The molecular weight excluding hydrogens is 717 g/mol. The number of hydrogen-bond donors (Lipinski definition) is 0. The van der Waals surface area contributed by atoms with E-state index in [1.165, 1.54) is 22.1 Å². The second-order valence-corrected chi connectivity index (χ2v) is 15.3. The minimum absolute atomic E-state index is 0.125. The van der Waals surface area contributed by atoms with Gasteiger partial charge in [-0.15, -0.1) is 0 Å². The minimum atomic E-state index is -0.464. The Morgan fingerprint density at radius 1 is 0.492 bits per heavy atom. The van der Waals surface area contributed by atoms with Gasteiger partial charge in [-0.05, 0) is 107 Å². The number of nitrogens with zero attached hydrogens (tertiary/aromatic N) is 4. The maximum Gasteiger partial charge on any atom is 0.0991 e. The zero-order chi connectivity index (χ0) is 39.9. The van der Waals surface area contributed by atoms with Crippen LogP contribution in [0.3, 0.4) is 0 Å². The fourth-order valence-electron chi connectivity index (χ4n) is 9.18. The van der Waals surface area contributed by atoms with Gasteiger partial charge in [0.1, 0.15) is 0 Å². The highest BCUT2D eigenvalue weighted by Gasteiger charge is 2.44. The van der Waals surface area contributed by atoms with Crippen LogP contribution in [-0.2, 0) is 5.41 Å². The average molecular weight is 755 g/mol. The Kier molecular flexibility index (Phi) is 8.75. The van der Waals surface area contributed by atoms with Gasteiger partial charge in [0.25, 0.3) is 0 Å². The number of hydrogen-bond acceptors (Lipinski definition) is 4. The van der Waals surface area contributed by atoms with Crippen LogP contribution in [0.25, 0.3) is 45.2 Å². The van der Waals surface area contributed by atoms with Crippen molar-refractivity contribution in [2.75, 3.05) is 9.80 Å². The molecule has 0 radical (unpaired) electrons. The monoisotopic (exact) mass is 754 g/mol. The number of nitriles is 2. The Balaban J connectivity index is 1.20. The highest BCUT2D eigenvalue weighted by Crippen LogP contribution is 2.53. The van der Waals surface area contributed by atoms with Gasteiger partial charge in [0, 0.05) is 39.0 Å². The van der Waals surface area contributed by atoms with Gasteiger partial charge in [0.2, 0.25) is 0 Å². The molecule has 2 atom stereocenters. The highest BCUT2D eigenvalue weighted by atomic mass is 15.2. The first-order chi connectivity index (χ1) is 29.1. The smallest absolute Gasteiger partial charge is 0.0991 e. The molecule has 0 aliphatic heterocycles. The first kappa shape index (κ1) is 35.5. The van der Waals surface area contributed by atoms with Crippen LogP contribution < -0.4 is 9.80 Å². The lowest BCUT2D eigenvalue weighted by Gasteiger charge is -2.47. The molecular formula is C55H38N4. The van der Waals surface area contributed by atoms with Crippen molar-refractivity contribution in [2.45, 2.75) is 18.4 Å². The standard InChI is InChI=1S/C55H38N4/c1-55-35-34-42-25-32-51(58(44-27-20-38(36-56)21-28-44)49-18-10-8-16-46(49)40-12-4-2-5-13-40)48-31-24-43(54(55)53(42)48)26-33-52(55)59(45-29-22-39(37-57)23-30-45)50-19-11-9-17-47(50)41-14-6-3-7-15-41/h2-35,52H,1H3. The number of benzene rings is 8. The second-order valence-electron chi connectivity index (χ2n) is 15.3. The van der Waals surface area contributed by atoms with Crippen molar-refractivity contribution in [2.24, 2.45) is 0 Å². The molecule has 4 nitrogen and oxygen atoms in total. The summed E-state index contributed by atoms with van der Waals surface area (Å²) in [4.78, 5) is 4.81. The molecule has 4 heteroatoms. The Morgan fingerprint density at radius 3 is 1.66 bits per heavy atom. The van der Waals surface area contributed by atoms with Gasteiger partial charge in [-0.3, -0.25) is 0 Å². The summed E-state index contributed by atoms with van der Waals surface area (Å²) in [6.45, 7) is 2.37. The molecule has 0 saturated heterocycles. The maximum atomic E-state index is 9.77. The molecule has 0 amide bonds. The summed E-state index contributed by atoms with van der Waals surface area (Å²) in [7, 11) is 0. The van der Waals surface area contributed by atoms with Crippen molar-refractivity contribution in [3.63, 3.8) is 0 Å². The quantitative estimate of drug-likeness (QED) is 0.155. The predicted molar refractivity (Wildman–Crippen MR) is 243 cm³/mol. The van der Waals surface area contributed by atoms with Gasteiger partial charge in [0.15, 0.2) is 0 Å². The summed E-state index contributed by atoms with van der Waals surface area (Å²) in [6, 6.07) is 67.7. The first-order valence-electron chi connectivity index (χ1n) is 19.9.